The Kier molecular flexibility index (Phi) is 5.04. The fourth-order valence-corrected chi connectivity index (χ4v) is 3.05. The average Bonchev–Trinajstić information content (AvgIpc) is 3.43. The molecule has 0 N–H and O–H groups in total. The van der Waals surface area contributed by atoms with Crippen LogP contribution in [-0.2, 0) is 12.7 Å². The Labute approximate surface area is 169 Å². The average molecular weight is 422 g/mol. The summed E-state index contributed by atoms with van der Waals surface area (Å²) >= 11 is 5.87. The maximum absolute atomic E-state index is 13.0. The predicted molar refractivity (Wildman–Crippen MR) is 99.1 cm³/mol. The van der Waals surface area contributed by atoms with E-state index in [1.807, 2.05) is 0 Å². The minimum Gasteiger partial charge on any atom is -0.419 e. The molecule has 1 heterocycles. The molecule has 0 unspecified atom stereocenters. The van der Waals surface area contributed by atoms with Gasteiger partial charge < -0.3 is 9.32 Å². The van der Waals surface area contributed by atoms with Crippen molar-refractivity contribution in [2.75, 3.05) is 0 Å². The first kappa shape index (κ1) is 19.4. The van der Waals surface area contributed by atoms with Gasteiger partial charge >= 0.3 is 6.18 Å². The Morgan fingerprint density at radius 1 is 1.14 bits per heavy atom. The summed E-state index contributed by atoms with van der Waals surface area (Å²) < 4.78 is 44.6. The lowest BCUT2D eigenvalue weighted by atomic mass is 10.1. The zero-order valence-electron chi connectivity index (χ0n) is 15.0. The van der Waals surface area contributed by atoms with Gasteiger partial charge in [0.25, 0.3) is 5.91 Å². The molecule has 1 saturated carbocycles. The van der Waals surface area contributed by atoms with Crippen LogP contribution >= 0.6 is 11.6 Å². The summed E-state index contributed by atoms with van der Waals surface area (Å²) in [5, 5.41) is 8.52. The Balaban J connectivity index is 1.55. The van der Waals surface area contributed by atoms with Gasteiger partial charge in [-0.15, -0.1) is 10.2 Å². The number of hydrogen-bond acceptors (Lipinski definition) is 4. The molecule has 1 fully saturated rings. The van der Waals surface area contributed by atoms with Gasteiger partial charge in [-0.3, -0.25) is 4.79 Å². The number of carbonyl (C=O) groups is 1. The molecule has 0 saturated heterocycles. The third-order valence-electron chi connectivity index (χ3n) is 4.55. The minimum absolute atomic E-state index is 0.0239. The van der Waals surface area contributed by atoms with E-state index in [4.69, 9.17) is 16.0 Å². The van der Waals surface area contributed by atoms with Crippen molar-refractivity contribution in [3.8, 4) is 11.5 Å². The summed E-state index contributed by atoms with van der Waals surface area (Å²) in [5.74, 6) is -0.00838. The molecule has 0 radical (unpaired) electrons. The molecule has 0 aliphatic heterocycles. The summed E-state index contributed by atoms with van der Waals surface area (Å²) in [6, 6.07) is 11.2. The van der Waals surface area contributed by atoms with Crippen LogP contribution < -0.4 is 0 Å². The highest BCUT2D eigenvalue weighted by Crippen LogP contribution is 2.33. The molecule has 1 amide bonds. The molecule has 1 aliphatic carbocycles. The van der Waals surface area contributed by atoms with Gasteiger partial charge in [0.15, 0.2) is 0 Å². The maximum atomic E-state index is 13.0. The second-order valence-electron chi connectivity index (χ2n) is 6.75. The molecule has 2 aromatic carbocycles. The number of amides is 1. The van der Waals surface area contributed by atoms with Gasteiger partial charge in [0.2, 0.25) is 11.8 Å². The highest BCUT2D eigenvalue weighted by Gasteiger charge is 2.36. The van der Waals surface area contributed by atoms with Crippen LogP contribution in [0.2, 0.25) is 5.02 Å². The Morgan fingerprint density at radius 3 is 2.52 bits per heavy atom. The molecular formula is C20H15ClF3N3O2. The normalized spacial score (nSPS) is 14.1. The molecule has 150 valence electrons. The van der Waals surface area contributed by atoms with E-state index in [1.54, 1.807) is 24.3 Å². The third kappa shape index (κ3) is 4.42. The number of benzene rings is 2. The van der Waals surface area contributed by atoms with Crippen LogP contribution in [0.15, 0.2) is 52.9 Å². The lowest BCUT2D eigenvalue weighted by Crippen LogP contribution is -2.33. The van der Waals surface area contributed by atoms with Crippen molar-refractivity contribution in [2.24, 2.45) is 0 Å². The molecule has 4 rings (SSSR count). The Bertz CT molecular complexity index is 1030. The van der Waals surface area contributed by atoms with E-state index in [2.05, 4.69) is 10.2 Å². The van der Waals surface area contributed by atoms with Crippen molar-refractivity contribution in [1.82, 2.24) is 15.1 Å². The van der Waals surface area contributed by atoms with Gasteiger partial charge in [0.1, 0.15) is 0 Å². The van der Waals surface area contributed by atoms with E-state index in [9.17, 15) is 18.0 Å². The molecular weight excluding hydrogens is 407 g/mol. The second kappa shape index (κ2) is 7.51. The number of hydrogen-bond donors (Lipinski definition) is 0. The number of aromatic nitrogens is 2. The van der Waals surface area contributed by atoms with Crippen molar-refractivity contribution in [3.05, 3.63) is 70.6 Å². The number of rotatable bonds is 5. The predicted octanol–water partition coefficient (Wildman–Crippen LogP) is 5.21. The molecule has 0 spiro atoms. The number of nitrogens with zero attached hydrogens (tertiary/aromatic N) is 3. The first-order valence-corrected chi connectivity index (χ1v) is 9.25. The van der Waals surface area contributed by atoms with Crippen LogP contribution in [0.4, 0.5) is 13.2 Å². The SMILES string of the molecule is O=C(c1cccc(C(F)(F)F)c1)N(Cc1nnc(-c2ccc(Cl)cc2)o1)C1CC1. The van der Waals surface area contributed by atoms with Crippen molar-refractivity contribution in [2.45, 2.75) is 31.6 Å². The zero-order chi connectivity index (χ0) is 20.6. The highest BCUT2D eigenvalue weighted by molar-refractivity contribution is 6.30. The Morgan fingerprint density at radius 2 is 1.86 bits per heavy atom. The van der Waals surface area contributed by atoms with Crippen molar-refractivity contribution < 1.29 is 22.4 Å². The minimum atomic E-state index is -4.51. The maximum Gasteiger partial charge on any atom is 0.416 e. The van der Waals surface area contributed by atoms with E-state index in [0.717, 1.165) is 25.0 Å². The van der Waals surface area contributed by atoms with Crippen LogP contribution in [-0.4, -0.2) is 27.0 Å². The standard InChI is InChI=1S/C20H15ClF3N3O2/c21-15-6-4-12(5-7-15)18-26-25-17(29-18)11-27(16-8-9-16)19(28)13-2-1-3-14(10-13)20(22,23)24/h1-7,10,16H,8-9,11H2. The summed E-state index contributed by atoms with van der Waals surface area (Å²) in [4.78, 5) is 14.4. The lowest BCUT2D eigenvalue weighted by molar-refractivity contribution is -0.137. The van der Waals surface area contributed by atoms with Gasteiger partial charge in [-0.2, -0.15) is 13.2 Å². The van der Waals surface area contributed by atoms with Crippen molar-refractivity contribution >= 4 is 17.5 Å². The largest absolute Gasteiger partial charge is 0.419 e. The molecule has 5 nitrogen and oxygen atoms in total. The van der Waals surface area contributed by atoms with E-state index in [-0.39, 0.29) is 29.9 Å². The summed E-state index contributed by atoms with van der Waals surface area (Å²) in [6.45, 7) is 0.0281. The molecule has 1 aliphatic rings. The first-order chi connectivity index (χ1) is 13.8. The molecule has 29 heavy (non-hydrogen) atoms. The highest BCUT2D eigenvalue weighted by atomic mass is 35.5. The van der Waals surface area contributed by atoms with Crippen LogP contribution in [0.5, 0.6) is 0 Å². The third-order valence-corrected chi connectivity index (χ3v) is 4.80. The van der Waals surface area contributed by atoms with Gasteiger partial charge in [-0.1, -0.05) is 17.7 Å². The topological polar surface area (TPSA) is 59.2 Å². The smallest absolute Gasteiger partial charge is 0.416 e. The summed E-state index contributed by atoms with van der Waals surface area (Å²) in [7, 11) is 0. The van der Waals surface area contributed by atoms with Crippen LogP contribution in [0.1, 0.15) is 34.7 Å². The fourth-order valence-electron chi connectivity index (χ4n) is 2.92. The van der Waals surface area contributed by atoms with Crippen LogP contribution in [0.25, 0.3) is 11.5 Å². The quantitative estimate of drug-likeness (QED) is 0.567. The van der Waals surface area contributed by atoms with E-state index in [0.29, 0.717) is 10.6 Å². The summed E-state index contributed by atoms with van der Waals surface area (Å²) in [6.07, 6.45) is -2.95. The number of halogens is 4. The monoisotopic (exact) mass is 421 g/mol. The summed E-state index contributed by atoms with van der Waals surface area (Å²) in [5.41, 5.74) is -0.207. The van der Waals surface area contributed by atoms with Crippen molar-refractivity contribution in [1.29, 1.82) is 0 Å². The second-order valence-corrected chi connectivity index (χ2v) is 7.19. The molecule has 3 aromatic rings. The molecule has 9 heteroatoms. The molecule has 1 aromatic heterocycles. The molecule has 0 bridgehead atoms. The van der Waals surface area contributed by atoms with Gasteiger partial charge in [-0.25, -0.2) is 0 Å². The Hall–Kier alpha value is -2.87. The van der Waals surface area contributed by atoms with Gasteiger partial charge in [-0.05, 0) is 55.3 Å². The van der Waals surface area contributed by atoms with E-state index >= 15 is 0 Å². The van der Waals surface area contributed by atoms with E-state index in [1.165, 1.54) is 17.0 Å². The van der Waals surface area contributed by atoms with Gasteiger partial charge in [0.05, 0.1) is 12.1 Å². The van der Waals surface area contributed by atoms with E-state index < -0.39 is 17.6 Å². The number of alkyl halides is 3. The van der Waals surface area contributed by atoms with Crippen molar-refractivity contribution in [3.63, 3.8) is 0 Å². The number of carbonyl (C=O) groups excluding carboxylic acids is 1. The first-order valence-electron chi connectivity index (χ1n) is 8.88. The zero-order valence-corrected chi connectivity index (χ0v) is 15.7. The lowest BCUT2D eigenvalue weighted by Gasteiger charge is -2.21. The molecule has 0 atom stereocenters. The fraction of sp³-hybridized carbons (Fsp3) is 0.250. The van der Waals surface area contributed by atoms with Crippen LogP contribution in [0.3, 0.4) is 0 Å². The van der Waals surface area contributed by atoms with Crippen LogP contribution in [0, 0.1) is 0 Å². The van der Waals surface area contributed by atoms with Gasteiger partial charge in [0, 0.05) is 22.2 Å².